The molecule has 0 saturated heterocycles. The predicted octanol–water partition coefficient (Wildman–Crippen LogP) is 3.10. The summed E-state index contributed by atoms with van der Waals surface area (Å²) in [4.78, 5) is 0. The molecule has 1 heteroatoms. The Bertz CT molecular complexity index is 240. The zero-order valence-electron chi connectivity index (χ0n) is 10.4. The quantitative estimate of drug-likeness (QED) is 0.607. The molecule has 0 aliphatic rings. The molecule has 0 heterocycles. The van der Waals surface area contributed by atoms with Gasteiger partial charge in [0, 0.05) is 0 Å². The third kappa shape index (κ3) is 4.41. The van der Waals surface area contributed by atoms with Gasteiger partial charge in [-0.1, -0.05) is 25.7 Å². The maximum Gasteiger partial charge on any atom is 0.0629 e. The predicted molar refractivity (Wildman–Crippen MR) is 65.3 cm³/mol. The molecule has 15 heavy (non-hydrogen) atoms. The molecule has 0 aromatic rings. The molecule has 0 aliphatic carbocycles. The lowest BCUT2D eigenvalue weighted by Gasteiger charge is -2.26. The Morgan fingerprint density at radius 3 is 1.47 bits per heavy atom. The van der Waals surface area contributed by atoms with Gasteiger partial charge in [-0.25, -0.2) is 0 Å². The van der Waals surface area contributed by atoms with Crippen molar-refractivity contribution >= 4 is 0 Å². The van der Waals surface area contributed by atoms with Crippen molar-refractivity contribution in [3.8, 4) is 24.7 Å². The molecule has 0 fully saturated rings. The fourth-order valence-electron chi connectivity index (χ4n) is 0.993. The average Bonchev–Trinajstić information content (AvgIpc) is 2.28. The summed E-state index contributed by atoms with van der Waals surface area (Å²) in [6.45, 7) is 9.37. The number of terminal acetylenes is 2. The van der Waals surface area contributed by atoms with E-state index in [4.69, 9.17) is 17.6 Å². The lowest BCUT2D eigenvalue weighted by molar-refractivity contribution is 0.0381. The lowest BCUT2D eigenvalue weighted by Crippen LogP contribution is -2.26. The largest absolute Gasteiger partial charge is 0.378 e. The summed E-state index contributed by atoms with van der Waals surface area (Å²) >= 11 is 0. The molecule has 1 nitrogen and oxygen atoms in total. The number of rotatable bonds is 6. The van der Waals surface area contributed by atoms with Crippen LogP contribution in [0.1, 0.15) is 40.5 Å². The normalized spacial score (nSPS) is 18.3. The molecule has 0 amide bonds. The minimum atomic E-state index is -0.163. The molecule has 0 N–H and O–H groups in total. The summed E-state index contributed by atoms with van der Waals surface area (Å²) in [7, 11) is 0. The van der Waals surface area contributed by atoms with Crippen LogP contribution in [0.2, 0.25) is 0 Å². The van der Waals surface area contributed by atoms with Crippen LogP contribution in [0.4, 0.5) is 0 Å². The van der Waals surface area contributed by atoms with Gasteiger partial charge in [-0.15, -0.1) is 12.8 Å². The standard InChI is InChI=1S/C14H22O/c1-7-13(5,8-2)11-15-12-14(6,9-3)10-4/h1,3H,8,10-12H2,2,4-6H3. The summed E-state index contributed by atoms with van der Waals surface area (Å²) in [5.74, 6) is 5.55. The molecular formula is C14H22O. The van der Waals surface area contributed by atoms with Gasteiger partial charge in [0.2, 0.25) is 0 Å². The SMILES string of the molecule is C#CC(C)(CC)COCC(C)(C#C)CC. The van der Waals surface area contributed by atoms with Gasteiger partial charge >= 0.3 is 0 Å². The maximum absolute atomic E-state index is 5.64. The second kappa shape index (κ2) is 5.84. The number of hydrogen-bond acceptors (Lipinski definition) is 1. The first-order valence-corrected chi connectivity index (χ1v) is 5.48. The molecule has 2 unspecified atom stereocenters. The fourth-order valence-corrected chi connectivity index (χ4v) is 0.993. The van der Waals surface area contributed by atoms with Crippen molar-refractivity contribution in [1.29, 1.82) is 0 Å². The highest BCUT2D eigenvalue weighted by Crippen LogP contribution is 2.24. The second-order valence-corrected chi connectivity index (χ2v) is 4.61. The smallest absolute Gasteiger partial charge is 0.0629 e. The zero-order valence-corrected chi connectivity index (χ0v) is 10.4. The van der Waals surface area contributed by atoms with Crippen LogP contribution in [0.3, 0.4) is 0 Å². The van der Waals surface area contributed by atoms with Crippen LogP contribution in [0.5, 0.6) is 0 Å². The zero-order chi connectivity index (χ0) is 11.9. The Morgan fingerprint density at radius 2 is 1.27 bits per heavy atom. The molecule has 84 valence electrons. The van der Waals surface area contributed by atoms with Crippen molar-refractivity contribution in [3.63, 3.8) is 0 Å². The van der Waals surface area contributed by atoms with E-state index >= 15 is 0 Å². The highest BCUT2D eigenvalue weighted by molar-refractivity contribution is 5.04. The van der Waals surface area contributed by atoms with Crippen LogP contribution >= 0.6 is 0 Å². The van der Waals surface area contributed by atoms with Gasteiger partial charge in [-0.2, -0.15) is 0 Å². The van der Waals surface area contributed by atoms with Gasteiger partial charge in [0.25, 0.3) is 0 Å². The van der Waals surface area contributed by atoms with Gasteiger partial charge in [0.1, 0.15) is 0 Å². The molecule has 0 saturated carbocycles. The minimum Gasteiger partial charge on any atom is -0.378 e. The van der Waals surface area contributed by atoms with Crippen molar-refractivity contribution < 1.29 is 4.74 Å². The number of hydrogen-bond donors (Lipinski definition) is 0. The van der Waals surface area contributed by atoms with Gasteiger partial charge in [0.15, 0.2) is 0 Å². The first kappa shape index (κ1) is 14.1. The summed E-state index contributed by atoms with van der Waals surface area (Å²) in [6.07, 6.45) is 12.8. The average molecular weight is 206 g/mol. The molecule has 0 bridgehead atoms. The Balaban J connectivity index is 4.11. The van der Waals surface area contributed by atoms with Crippen LogP contribution < -0.4 is 0 Å². The molecule has 0 aliphatic heterocycles. The van der Waals surface area contributed by atoms with E-state index in [0.717, 1.165) is 12.8 Å². The van der Waals surface area contributed by atoms with E-state index in [2.05, 4.69) is 25.7 Å². The van der Waals surface area contributed by atoms with Crippen LogP contribution in [0, 0.1) is 35.5 Å². The first-order chi connectivity index (χ1) is 6.95. The lowest BCUT2D eigenvalue weighted by atomic mass is 9.88. The highest BCUT2D eigenvalue weighted by atomic mass is 16.5. The molecule has 0 aromatic carbocycles. The van der Waals surface area contributed by atoms with E-state index in [1.54, 1.807) is 0 Å². The monoisotopic (exact) mass is 206 g/mol. The summed E-state index contributed by atoms with van der Waals surface area (Å²) < 4.78 is 5.64. The first-order valence-electron chi connectivity index (χ1n) is 5.48. The van der Waals surface area contributed by atoms with Crippen LogP contribution in [0.25, 0.3) is 0 Å². The van der Waals surface area contributed by atoms with E-state index in [0.29, 0.717) is 13.2 Å². The minimum absolute atomic E-state index is 0.163. The van der Waals surface area contributed by atoms with Crippen LogP contribution in [-0.4, -0.2) is 13.2 Å². The molecular weight excluding hydrogens is 184 g/mol. The van der Waals surface area contributed by atoms with Crippen molar-refractivity contribution in [2.24, 2.45) is 10.8 Å². The van der Waals surface area contributed by atoms with Gasteiger partial charge in [-0.3, -0.25) is 0 Å². The van der Waals surface area contributed by atoms with Crippen LogP contribution in [-0.2, 0) is 4.74 Å². The summed E-state index contributed by atoms with van der Waals surface area (Å²) in [6, 6.07) is 0. The van der Waals surface area contributed by atoms with Crippen molar-refractivity contribution in [2.45, 2.75) is 40.5 Å². The molecule has 0 aromatic heterocycles. The van der Waals surface area contributed by atoms with Gasteiger partial charge in [0.05, 0.1) is 24.0 Å². The number of ether oxygens (including phenoxy) is 1. The molecule has 2 atom stereocenters. The molecule has 0 rings (SSSR count). The Morgan fingerprint density at radius 1 is 0.933 bits per heavy atom. The van der Waals surface area contributed by atoms with Crippen molar-refractivity contribution in [2.75, 3.05) is 13.2 Å². The van der Waals surface area contributed by atoms with E-state index in [1.165, 1.54) is 0 Å². The molecule has 0 radical (unpaired) electrons. The third-order valence-electron chi connectivity index (χ3n) is 3.10. The summed E-state index contributed by atoms with van der Waals surface area (Å²) in [5.41, 5.74) is -0.327. The topological polar surface area (TPSA) is 9.23 Å². The fraction of sp³-hybridized carbons (Fsp3) is 0.714. The van der Waals surface area contributed by atoms with E-state index in [-0.39, 0.29) is 10.8 Å². The summed E-state index contributed by atoms with van der Waals surface area (Å²) in [5, 5.41) is 0. The third-order valence-corrected chi connectivity index (χ3v) is 3.10. The van der Waals surface area contributed by atoms with Crippen molar-refractivity contribution in [1.82, 2.24) is 0 Å². The van der Waals surface area contributed by atoms with Crippen molar-refractivity contribution in [3.05, 3.63) is 0 Å². The highest BCUT2D eigenvalue weighted by Gasteiger charge is 2.23. The second-order valence-electron chi connectivity index (χ2n) is 4.61. The molecule has 0 spiro atoms. The van der Waals surface area contributed by atoms with Gasteiger partial charge in [-0.05, 0) is 26.7 Å². The van der Waals surface area contributed by atoms with E-state index in [1.807, 2.05) is 13.8 Å². The Labute approximate surface area is 94.6 Å². The Hall–Kier alpha value is -0.920. The maximum atomic E-state index is 5.64. The van der Waals surface area contributed by atoms with Gasteiger partial charge < -0.3 is 4.74 Å². The van der Waals surface area contributed by atoms with E-state index < -0.39 is 0 Å². The van der Waals surface area contributed by atoms with Crippen LogP contribution in [0.15, 0.2) is 0 Å². The van der Waals surface area contributed by atoms with E-state index in [9.17, 15) is 0 Å². The Kier molecular flexibility index (Phi) is 5.48.